The largest absolute Gasteiger partial charge is 1.00 e. The van der Waals surface area contributed by atoms with Crippen LogP contribution in [0.25, 0.3) is 0 Å². The quantitative estimate of drug-likeness (QED) is 0.131. The van der Waals surface area contributed by atoms with Gasteiger partial charge in [0.2, 0.25) is 0 Å². The van der Waals surface area contributed by atoms with Gasteiger partial charge in [-0.1, -0.05) is 194 Å². The molecular weight excluding hydrogens is 1210 g/mol. The van der Waals surface area contributed by atoms with E-state index in [2.05, 4.69) is 0 Å². The van der Waals surface area contributed by atoms with Crippen molar-refractivity contribution in [1.29, 1.82) is 0 Å². The third kappa shape index (κ3) is 12.6. The summed E-state index contributed by atoms with van der Waals surface area (Å²) < 4.78 is 76.5. The second kappa shape index (κ2) is 26.6. The molecule has 400 valence electrons. The summed E-state index contributed by atoms with van der Waals surface area (Å²) in [5.41, 5.74) is 3.76. The Morgan fingerprint density at radius 3 is 0.451 bits per heavy atom. The Balaban J connectivity index is 0.00000242. The molecule has 0 atom stereocenters. The molecule has 4 heterocycles. The molecule has 0 N–H and O–H groups in total. The normalized spacial score (nSPS) is 28.7. The second-order valence-electron chi connectivity index (χ2n) is 20.0. The van der Waals surface area contributed by atoms with E-state index in [0.717, 1.165) is 0 Å². The van der Waals surface area contributed by atoms with Crippen LogP contribution in [0.15, 0.2) is 194 Å². The van der Waals surface area contributed by atoms with E-state index in [0.29, 0.717) is 44.5 Å². The molecule has 26 heteroatoms. The predicted molar refractivity (Wildman–Crippen MR) is 303 cm³/mol. The molecule has 4 fully saturated rings. The summed E-state index contributed by atoms with van der Waals surface area (Å²) in [6.07, 6.45) is 0. The van der Waals surface area contributed by atoms with Gasteiger partial charge in [-0.3, -0.25) is 0 Å². The standard InChI is InChI=1S/C56H56O14Si8.4Na/c1-41-25-9-17-33-49(41)71(57)61-75(53-37-21-13-29-45(53)5)63-72(58,50-34-18-10-26-42(50)2)64-76(62-71,54-38-22-14-30-46(54)6)70-78(56-40-24-16-32-48(56)8)66-73(59,51-35-19-11-27-43(51)3)65-77(69-75,55-39-23-15-31-47(55)7)67-74(60,68-78)52-36-20-12-28-44(52)4;;;;/h9-40H,1-8H3;;;;/q-4;4*+1. The van der Waals surface area contributed by atoms with Crippen molar-refractivity contribution in [2.75, 3.05) is 0 Å². The molecule has 0 spiro atoms. The molecule has 12 rings (SSSR count). The third-order valence-electron chi connectivity index (χ3n) is 14.5. The Kier molecular flexibility index (Phi) is 22.2. The summed E-state index contributed by atoms with van der Waals surface area (Å²) in [5.74, 6) is 0. The van der Waals surface area contributed by atoms with Gasteiger partial charge < -0.3 is 60.3 Å². The molecule has 82 heavy (non-hydrogen) atoms. The summed E-state index contributed by atoms with van der Waals surface area (Å²) >= 11 is 0. The van der Waals surface area contributed by atoms with Gasteiger partial charge in [0.05, 0.1) is 0 Å². The van der Waals surface area contributed by atoms with E-state index in [1.807, 2.05) is 0 Å². The zero-order valence-electron chi connectivity index (χ0n) is 48.2. The minimum Gasteiger partial charge on any atom is -0.814 e. The van der Waals surface area contributed by atoms with Crippen LogP contribution in [0, 0.1) is 55.4 Å². The molecule has 0 saturated carbocycles. The Bertz CT molecular complexity index is 3130. The van der Waals surface area contributed by atoms with E-state index in [-0.39, 0.29) is 160 Å². The molecule has 4 aliphatic heterocycles. The summed E-state index contributed by atoms with van der Waals surface area (Å²) in [7, 11) is -45.4. The van der Waals surface area contributed by atoms with Gasteiger partial charge in [0.15, 0.2) is 0 Å². The molecule has 8 aromatic carbocycles. The van der Waals surface area contributed by atoms with E-state index in [1.165, 1.54) is 0 Å². The molecule has 0 unspecified atom stereocenters. The SMILES string of the molecule is Cc1ccccc1[Si]1([O-])O[Si]2(c3ccccc3C)O[Si]([O-])(c3ccccc3C)O[Si](c3ccccc3C)(O1)O[Si]1(c3ccccc3C)O[Si]([O-])(c3ccccc3C)O[Si](c3ccccc3C)(O[Si]([O-])(c3ccccc3C)O1)O2.[Na+].[Na+].[Na+].[Na+]. The first-order valence-corrected chi connectivity index (χ1v) is 39.3. The first-order valence-electron chi connectivity index (χ1n) is 25.5. The molecule has 0 aliphatic carbocycles. The molecular formula is C56H56Na4O14Si8. The van der Waals surface area contributed by atoms with Gasteiger partial charge in [-0.25, -0.2) is 0 Å². The summed E-state index contributed by atoms with van der Waals surface area (Å²) in [6.45, 7) is 14.1. The van der Waals surface area contributed by atoms with E-state index < -0.39 is 70.4 Å². The van der Waals surface area contributed by atoms with Crippen molar-refractivity contribution in [3.05, 3.63) is 239 Å². The maximum Gasteiger partial charge on any atom is 1.00 e. The zero-order chi connectivity index (χ0) is 54.9. The number of hydrogen-bond donors (Lipinski definition) is 0. The first-order chi connectivity index (χ1) is 37.2. The molecule has 14 nitrogen and oxygen atoms in total. The van der Waals surface area contributed by atoms with Crippen LogP contribution < -0.4 is 179 Å². The van der Waals surface area contributed by atoms with Crippen molar-refractivity contribution in [2.45, 2.75) is 55.4 Å². The summed E-state index contributed by atoms with van der Waals surface area (Å²) in [6, 6.07) is 55.0. The van der Waals surface area contributed by atoms with Gasteiger partial charge in [0.25, 0.3) is 35.2 Å². The van der Waals surface area contributed by atoms with Crippen molar-refractivity contribution >= 4 is 112 Å². The van der Waals surface area contributed by atoms with Crippen LogP contribution in [0.1, 0.15) is 44.5 Å². The Morgan fingerprint density at radius 2 is 0.317 bits per heavy atom. The Labute approximate surface area is 577 Å². The van der Waals surface area contributed by atoms with Crippen LogP contribution in [-0.2, 0) is 41.2 Å². The van der Waals surface area contributed by atoms with Gasteiger partial charge in [-0.2, -0.15) is 0 Å². The molecule has 8 aromatic rings. The smallest absolute Gasteiger partial charge is 0.814 e. The molecule has 0 radical (unpaired) electrons. The van der Waals surface area contributed by atoms with Gasteiger partial charge >= 0.3 is 153 Å². The maximum atomic E-state index is 17.6. The Morgan fingerprint density at radius 1 is 0.195 bits per heavy atom. The van der Waals surface area contributed by atoms with Gasteiger partial charge in [0, 0.05) is 20.7 Å². The minimum absolute atomic E-state index is 0. The number of aryl methyl sites for hydroxylation is 8. The van der Waals surface area contributed by atoms with E-state index in [1.54, 1.807) is 250 Å². The second-order valence-corrected chi connectivity index (χ2v) is 41.4. The number of hydrogen-bond acceptors (Lipinski definition) is 14. The minimum atomic E-state index is -5.68. The van der Waals surface area contributed by atoms with Gasteiger partial charge in [0.1, 0.15) is 0 Å². The first kappa shape index (κ1) is 68.4. The van der Waals surface area contributed by atoms with Crippen molar-refractivity contribution in [1.82, 2.24) is 0 Å². The van der Waals surface area contributed by atoms with E-state index in [4.69, 9.17) is 41.2 Å². The van der Waals surface area contributed by atoms with E-state index >= 15 is 19.2 Å². The monoisotopic (exact) mass is 1270 g/mol. The van der Waals surface area contributed by atoms with Gasteiger partial charge in [-0.15, -0.1) is 0 Å². The number of rotatable bonds is 8. The summed E-state index contributed by atoms with van der Waals surface area (Å²) in [4.78, 5) is 70.5. The molecule has 4 bridgehead atoms. The van der Waals surface area contributed by atoms with Crippen molar-refractivity contribution in [2.24, 2.45) is 0 Å². The van der Waals surface area contributed by atoms with Gasteiger partial charge in [-0.05, 0) is 121 Å². The number of benzene rings is 8. The molecule has 4 saturated heterocycles. The van der Waals surface area contributed by atoms with Crippen molar-refractivity contribution in [3.63, 3.8) is 0 Å². The third-order valence-corrected chi connectivity index (χ3v) is 45.8. The van der Waals surface area contributed by atoms with Crippen LogP contribution in [0.3, 0.4) is 0 Å². The van der Waals surface area contributed by atoms with Crippen LogP contribution in [0.2, 0.25) is 0 Å². The fraction of sp³-hybridized carbons (Fsp3) is 0.143. The van der Waals surface area contributed by atoms with Crippen LogP contribution in [0.4, 0.5) is 0 Å². The maximum absolute atomic E-state index is 17.6. The molecule has 0 aromatic heterocycles. The Hall–Kier alpha value is -1.06. The van der Waals surface area contributed by atoms with Crippen LogP contribution >= 0.6 is 0 Å². The van der Waals surface area contributed by atoms with Crippen LogP contribution in [-0.4, -0.2) is 70.4 Å². The predicted octanol–water partition coefficient (Wildman–Crippen LogP) is -11.1. The molecule has 0 amide bonds. The fourth-order valence-corrected chi connectivity index (χ4v) is 49.1. The average molecular weight is 1270 g/mol. The van der Waals surface area contributed by atoms with Crippen molar-refractivity contribution < 1.29 is 179 Å². The topological polar surface area (TPSA) is 185 Å². The zero-order valence-corrected chi connectivity index (χ0v) is 64.2. The van der Waals surface area contributed by atoms with Crippen molar-refractivity contribution in [3.8, 4) is 0 Å². The van der Waals surface area contributed by atoms with E-state index in [9.17, 15) is 0 Å². The van der Waals surface area contributed by atoms with Crippen LogP contribution in [0.5, 0.6) is 0 Å². The average Bonchev–Trinajstić information content (AvgIpc) is 2.35. The molecule has 4 aliphatic rings. The fourth-order valence-electron chi connectivity index (χ4n) is 10.5. The number of fused-ring (bicyclic) bond motifs is 4. The summed E-state index contributed by atoms with van der Waals surface area (Å²) in [5, 5.41) is 0.857.